The van der Waals surface area contributed by atoms with Crippen molar-refractivity contribution in [3.8, 4) is 0 Å². The van der Waals surface area contributed by atoms with Gasteiger partial charge in [-0.05, 0) is 44.7 Å². The molecule has 2 aliphatic rings. The molecule has 26 heavy (non-hydrogen) atoms. The van der Waals surface area contributed by atoms with Crippen molar-refractivity contribution >= 4 is 22.8 Å². The first-order valence-corrected chi connectivity index (χ1v) is 9.57. The second-order valence-corrected chi connectivity index (χ2v) is 7.30. The van der Waals surface area contributed by atoms with Crippen molar-refractivity contribution in [3.05, 3.63) is 30.0 Å². The highest BCUT2D eigenvalue weighted by molar-refractivity contribution is 5.80. The Bertz CT molecular complexity index is 788. The van der Waals surface area contributed by atoms with E-state index < -0.39 is 0 Å². The van der Waals surface area contributed by atoms with Crippen molar-refractivity contribution in [1.29, 1.82) is 0 Å². The highest BCUT2D eigenvalue weighted by Gasteiger charge is 2.29. The van der Waals surface area contributed by atoms with Gasteiger partial charge in [0.15, 0.2) is 5.82 Å². The summed E-state index contributed by atoms with van der Waals surface area (Å²) in [5.41, 5.74) is 2.75. The summed E-state index contributed by atoms with van der Waals surface area (Å²) in [6, 6.07) is 8.20. The van der Waals surface area contributed by atoms with E-state index in [1.54, 1.807) is 0 Å². The molecular weight excluding hydrogens is 328 g/mol. The number of hydrogen-bond donors (Lipinski definition) is 1. The molecule has 1 amide bonds. The van der Waals surface area contributed by atoms with Gasteiger partial charge in [-0.25, -0.2) is 9.97 Å². The van der Waals surface area contributed by atoms with Crippen molar-refractivity contribution in [1.82, 2.24) is 15.3 Å². The lowest BCUT2D eigenvalue weighted by Gasteiger charge is -2.34. The maximum atomic E-state index is 12.7. The van der Waals surface area contributed by atoms with Crippen LogP contribution in [-0.4, -0.2) is 48.2 Å². The smallest absolute Gasteiger partial charge is 0.225 e. The number of carbonyl (C=O) groups is 1. The molecule has 0 radical (unpaired) electrons. The van der Waals surface area contributed by atoms with Gasteiger partial charge < -0.3 is 15.0 Å². The minimum atomic E-state index is 0.0132. The molecule has 138 valence electrons. The van der Waals surface area contributed by atoms with Crippen LogP contribution in [0.2, 0.25) is 0 Å². The van der Waals surface area contributed by atoms with E-state index in [1.165, 1.54) is 0 Å². The lowest BCUT2D eigenvalue weighted by atomic mass is 9.96. The first-order chi connectivity index (χ1) is 12.7. The lowest BCUT2D eigenvalue weighted by molar-refractivity contribution is -0.126. The molecule has 1 aromatic carbocycles. The number of aryl methyl sites for hydroxylation is 1. The molecule has 1 unspecified atom stereocenters. The van der Waals surface area contributed by atoms with Gasteiger partial charge in [0, 0.05) is 32.3 Å². The molecule has 0 bridgehead atoms. The van der Waals surface area contributed by atoms with E-state index in [0.29, 0.717) is 6.54 Å². The summed E-state index contributed by atoms with van der Waals surface area (Å²) in [7, 11) is 0. The molecular formula is C20H26N4O2. The van der Waals surface area contributed by atoms with Crippen LogP contribution in [0.3, 0.4) is 0 Å². The number of benzene rings is 1. The fourth-order valence-electron chi connectivity index (χ4n) is 3.92. The van der Waals surface area contributed by atoms with Gasteiger partial charge in [-0.1, -0.05) is 12.1 Å². The lowest BCUT2D eigenvalue weighted by Crippen LogP contribution is -2.47. The summed E-state index contributed by atoms with van der Waals surface area (Å²) in [5.74, 6) is 1.10. The molecule has 0 spiro atoms. The maximum Gasteiger partial charge on any atom is 0.225 e. The van der Waals surface area contributed by atoms with E-state index >= 15 is 0 Å². The third-order valence-electron chi connectivity index (χ3n) is 5.38. The number of carbonyl (C=O) groups excluding carboxylic acids is 1. The van der Waals surface area contributed by atoms with Crippen molar-refractivity contribution in [2.45, 2.75) is 38.6 Å². The predicted molar refractivity (Wildman–Crippen MR) is 101 cm³/mol. The largest absolute Gasteiger partial charge is 0.381 e. The van der Waals surface area contributed by atoms with Crippen LogP contribution in [0.25, 0.3) is 11.0 Å². The zero-order valence-corrected chi connectivity index (χ0v) is 15.3. The number of anilines is 1. The minimum Gasteiger partial charge on any atom is -0.381 e. The highest BCUT2D eigenvalue weighted by atomic mass is 16.5. The Kier molecular flexibility index (Phi) is 5.02. The van der Waals surface area contributed by atoms with Gasteiger partial charge in [-0.3, -0.25) is 4.79 Å². The van der Waals surface area contributed by atoms with Crippen molar-refractivity contribution in [2.75, 3.05) is 31.2 Å². The fraction of sp³-hybridized carbons (Fsp3) is 0.550. The summed E-state index contributed by atoms with van der Waals surface area (Å²) < 4.78 is 5.38. The number of amides is 1. The first-order valence-electron chi connectivity index (χ1n) is 9.57. The Morgan fingerprint density at radius 3 is 2.65 bits per heavy atom. The van der Waals surface area contributed by atoms with Crippen LogP contribution in [0.15, 0.2) is 24.3 Å². The number of nitrogens with zero attached hydrogens (tertiary/aromatic N) is 3. The van der Waals surface area contributed by atoms with E-state index in [1.807, 2.05) is 31.2 Å². The molecule has 6 heteroatoms. The summed E-state index contributed by atoms with van der Waals surface area (Å²) in [4.78, 5) is 24.5. The topological polar surface area (TPSA) is 67.4 Å². The number of rotatable bonds is 3. The summed E-state index contributed by atoms with van der Waals surface area (Å²) in [6.07, 6.45) is 3.76. The van der Waals surface area contributed by atoms with Crippen LogP contribution in [0.5, 0.6) is 0 Å². The van der Waals surface area contributed by atoms with Crippen LogP contribution < -0.4 is 10.2 Å². The third kappa shape index (κ3) is 3.65. The van der Waals surface area contributed by atoms with Gasteiger partial charge in [0.1, 0.15) is 0 Å². The number of nitrogens with one attached hydrogen (secondary N) is 1. The first kappa shape index (κ1) is 17.2. The van der Waals surface area contributed by atoms with Gasteiger partial charge in [0.2, 0.25) is 5.91 Å². The van der Waals surface area contributed by atoms with Gasteiger partial charge in [0.05, 0.1) is 22.6 Å². The Hall–Kier alpha value is -2.21. The van der Waals surface area contributed by atoms with E-state index in [0.717, 1.165) is 68.0 Å². The predicted octanol–water partition coefficient (Wildman–Crippen LogP) is 2.45. The summed E-state index contributed by atoms with van der Waals surface area (Å²) in [5, 5.41) is 3.22. The number of hydrogen-bond acceptors (Lipinski definition) is 5. The van der Waals surface area contributed by atoms with Crippen LogP contribution in [0.4, 0.5) is 5.82 Å². The van der Waals surface area contributed by atoms with Crippen LogP contribution in [0, 0.1) is 12.8 Å². The van der Waals surface area contributed by atoms with E-state index in [2.05, 4.69) is 10.2 Å². The number of fused-ring (bicyclic) bond motifs is 1. The van der Waals surface area contributed by atoms with E-state index in [4.69, 9.17) is 14.7 Å². The fourth-order valence-corrected chi connectivity index (χ4v) is 3.92. The molecule has 2 aromatic rings. The maximum absolute atomic E-state index is 12.7. The van der Waals surface area contributed by atoms with Crippen LogP contribution in [-0.2, 0) is 9.53 Å². The second kappa shape index (κ2) is 7.58. The molecule has 0 aliphatic carbocycles. The molecule has 1 N–H and O–H groups in total. The van der Waals surface area contributed by atoms with Gasteiger partial charge in [-0.15, -0.1) is 0 Å². The quantitative estimate of drug-likeness (QED) is 0.917. The average Bonchev–Trinajstić information content (AvgIpc) is 2.68. The van der Waals surface area contributed by atoms with Gasteiger partial charge >= 0.3 is 0 Å². The molecule has 2 aliphatic heterocycles. The second-order valence-electron chi connectivity index (χ2n) is 7.30. The zero-order chi connectivity index (χ0) is 17.9. The van der Waals surface area contributed by atoms with Crippen LogP contribution in [0.1, 0.15) is 31.4 Å². The standard InChI is InChI=1S/C20H26N4O2/c1-14-19(23-18-7-3-2-6-17(18)21-14)24-10-4-5-15(13-24)20(25)22-16-8-11-26-12-9-16/h2-3,6-7,15-16H,4-5,8-13H2,1H3,(H,22,25). The number of ether oxygens (including phenoxy) is 1. The number of para-hydroxylation sites is 2. The van der Waals surface area contributed by atoms with Crippen molar-refractivity contribution in [3.63, 3.8) is 0 Å². The van der Waals surface area contributed by atoms with E-state index in [-0.39, 0.29) is 17.9 Å². The molecule has 1 aromatic heterocycles. The molecule has 6 nitrogen and oxygen atoms in total. The van der Waals surface area contributed by atoms with Gasteiger partial charge in [0.25, 0.3) is 0 Å². The van der Waals surface area contributed by atoms with Crippen LogP contribution >= 0.6 is 0 Å². The monoisotopic (exact) mass is 354 g/mol. The molecule has 2 fully saturated rings. The zero-order valence-electron chi connectivity index (χ0n) is 15.3. The normalized spacial score (nSPS) is 21.7. The van der Waals surface area contributed by atoms with Gasteiger partial charge in [-0.2, -0.15) is 0 Å². The summed E-state index contributed by atoms with van der Waals surface area (Å²) >= 11 is 0. The van der Waals surface area contributed by atoms with Crippen molar-refractivity contribution < 1.29 is 9.53 Å². The Morgan fingerprint density at radius 1 is 1.15 bits per heavy atom. The Morgan fingerprint density at radius 2 is 1.88 bits per heavy atom. The highest BCUT2D eigenvalue weighted by Crippen LogP contribution is 2.26. The molecule has 4 rings (SSSR count). The minimum absolute atomic E-state index is 0.0132. The SMILES string of the molecule is Cc1nc2ccccc2nc1N1CCCC(C(=O)NC2CCOCC2)C1. The molecule has 1 atom stereocenters. The summed E-state index contributed by atoms with van der Waals surface area (Å²) in [6.45, 7) is 5.12. The third-order valence-corrected chi connectivity index (χ3v) is 5.38. The molecule has 0 saturated carbocycles. The molecule has 3 heterocycles. The number of aromatic nitrogens is 2. The average molecular weight is 354 g/mol. The van der Waals surface area contributed by atoms with Crippen molar-refractivity contribution in [2.24, 2.45) is 5.92 Å². The molecule has 2 saturated heterocycles. The number of piperidine rings is 1. The van der Waals surface area contributed by atoms with E-state index in [9.17, 15) is 4.79 Å². The Balaban J connectivity index is 1.48. The Labute approximate surface area is 154 Å².